The molecule has 16 heavy (non-hydrogen) atoms. The van der Waals surface area contributed by atoms with Crippen LogP contribution in [0.1, 0.15) is 17.3 Å². The number of aromatic nitrogens is 1. The monoisotopic (exact) mass is 219 g/mol. The summed E-state index contributed by atoms with van der Waals surface area (Å²) in [5, 5.41) is 0.823. The van der Waals surface area contributed by atoms with Crippen molar-refractivity contribution in [3.63, 3.8) is 0 Å². The molecule has 0 saturated heterocycles. The van der Waals surface area contributed by atoms with Crippen molar-refractivity contribution in [3.05, 3.63) is 23.9 Å². The molecule has 0 fully saturated rings. The van der Waals surface area contributed by atoms with Gasteiger partial charge in [-0.1, -0.05) is 0 Å². The fraction of sp³-hybridized carbons (Fsp3) is 0.250. The first-order chi connectivity index (χ1) is 7.67. The van der Waals surface area contributed by atoms with Crippen molar-refractivity contribution in [2.45, 2.75) is 6.92 Å². The van der Waals surface area contributed by atoms with Crippen LogP contribution < -0.4 is 9.47 Å². The number of rotatable bonds is 3. The summed E-state index contributed by atoms with van der Waals surface area (Å²) in [6.07, 6.45) is 1.69. The van der Waals surface area contributed by atoms with E-state index in [1.807, 2.05) is 6.07 Å². The van der Waals surface area contributed by atoms with Gasteiger partial charge in [0.05, 0.1) is 19.7 Å². The number of hydrogen-bond donors (Lipinski definition) is 1. The Balaban J connectivity index is 2.76. The lowest BCUT2D eigenvalue weighted by molar-refractivity contribution is 0.101. The highest BCUT2D eigenvalue weighted by Crippen LogP contribution is 2.32. The summed E-state index contributed by atoms with van der Waals surface area (Å²) in [6.45, 7) is 1.54. The standard InChI is InChI=1S/C12H13NO3/c1-7(14)10-6-13-12-9(10)4-8(15-2)5-11(12)16-3/h4-6,13H,1-3H3. The van der Waals surface area contributed by atoms with Gasteiger partial charge < -0.3 is 14.5 Å². The van der Waals surface area contributed by atoms with Crippen LogP contribution in [0.5, 0.6) is 11.5 Å². The SMILES string of the molecule is COc1cc(OC)c2[nH]cc(C(C)=O)c2c1. The van der Waals surface area contributed by atoms with Gasteiger partial charge in [-0.2, -0.15) is 0 Å². The number of aromatic amines is 1. The molecule has 0 saturated carbocycles. The van der Waals surface area contributed by atoms with Gasteiger partial charge in [0.25, 0.3) is 0 Å². The van der Waals surface area contributed by atoms with E-state index in [1.54, 1.807) is 26.5 Å². The number of fused-ring (bicyclic) bond motifs is 1. The first-order valence-electron chi connectivity index (χ1n) is 4.91. The molecule has 1 aromatic carbocycles. The average molecular weight is 219 g/mol. The minimum absolute atomic E-state index is 0.0153. The van der Waals surface area contributed by atoms with Gasteiger partial charge in [0.15, 0.2) is 5.78 Å². The summed E-state index contributed by atoms with van der Waals surface area (Å²) < 4.78 is 10.4. The number of carbonyl (C=O) groups excluding carboxylic acids is 1. The predicted molar refractivity (Wildman–Crippen MR) is 61.4 cm³/mol. The van der Waals surface area contributed by atoms with Crippen LogP contribution in [0.15, 0.2) is 18.3 Å². The number of ketones is 1. The van der Waals surface area contributed by atoms with Crippen LogP contribution in [0.25, 0.3) is 10.9 Å². The summed E-state index contributed by atoms with van der Waals surface area (Å²) in [6, 6.07) is 3.60. The van der Waals surface area contributed by atoms with Gasteiger partial charge in [0, 0.05) is 23.2 Å². The topological polar surface area (TPSA) is 51.3 Å². The maximum Gasteiger partial charge on any atom is 0.161 e. The summed E-state index contributed by atoms with van der Waals surface area (Å²) in [5.41, 5.74) is 1.46. The van der Waals surface area contributed by atoms with Gasteiger partial charge in [-0.3, -0.25) is 4.79 Å². The molecule has 0 aliphatic heterocycles. The number of Topliss-reactive ketones (excluding diaryl/α,β-unsaturated/α-hetero) is 1. The molecule has 2 rings (SSSR count). The molecule has 0 unspecified atom stereocenters. The van der Waals surface area contributed by atoms with Crippen molar-refractivity contribution in [1.82, 2.24) is 4.98 Å². The van der Waals surface area contributed by atoms with Crippen molar-refractivity contribution < 1.29 is 14.3 Å². The molecular weight excluding hydrogens is 206 g/mol. The summed E-state index contributed by atoms with van der Waals surface area (Å²) in [7, 11) is 3.17. The Kier molecular flexibility index (Phi) is 2.56. The first kappa shape index (κ1) is 10.5. The van der Waals surface area contributed by atoms with E-state index in [0.29, 0.717) is 17.1 Å². The van der Waals surface area contributed by atoms with E-state index in [9.17, 15) is 4.79 Å². The Hall–Kier alpha value is -1.97. The Morgan fingerprint density at radius 2 is 2.00 bits per heavy atom. The third-order valence-electron chi connectivity index (χ3n) is 2.56. The highest BCUT2D eigenvalue weighted by atomic mass is 16.5. The largest absolute Gasteiger partial charge is 0.497 e. The second-order valence-electron chi connectivity index (χ2n) is 3.51. The molecule has 0 spiro atoms. The number of nitrogens with one attached hydrogen (secondary N) is 1. The van der Waals surface area contributed by atoms with E-state index >= 15 is 0 Å². The number of hydrogen-bond acceptors (Lipinski definition) is 3. The number of carbonyl (C=O) groups is 1. The number of methoxy groups -OCH3 is 2. The Bertz CT molecular complexity index is 542. The van der Waals surface area contributed by atoms with E-state index in [4.69, 9.17) is 9.47 Å². The van der Waals surface area contributed by atoms with E-state index in [0.717, 1.165) is 10.9 Å². The van der Waals surface area contributed by atoms with Gasteiger partial charge in [0.1, 0.15) is 11.5 Å². The minimum atomic E-state index is 0.0153. The van der Waals surface area contributed by atoms with Gasteiger partial charge in [0.2, 0.25) is 0 Å². The van der Waals surface area contributed by atoms with Crippen molar-refractivity contribution in [2.75, 3.05) is 14.2 Å². The van der Waals surface area contributed by atoms with Crippen molar-refractivity contribution in [1.29, 1.82) is 0 Å². The number of benzene rings is 1. The van der Waals surface area contributed by atoms with E-state index < -0.39 is 0 Å². The quantitative estimate of drug-likeness (QED) is 0.806. The molecule has 0 bridgehead atoms. The van der Waals surface area contributed by atoms with Gasteiger partial charge in [-0.05, 0) is 13.0 Å². The first-order valence-corrected chi connectivity index (χ1v) is 4.91. The molecule has 0 radical (unpaired) electrons. The molecule has 1 aromatic heterocycles. The van der Waals surface area contributed by atoms with Crippen LogP contribution >= 0.6 is 0 Å². The number of H-pyrrole nitrogens is 1. The molecule has 1 N–H and O–H groups in total. The zero-order valence-electron chi connectivity index (χ0n) is 9.46. The van der Waals surface area contributed by atoms with Crippen molar-refractivity contribution >= 4 is 16.7 Å². The third kappa shape index (κ3) is 1.52. The van der Waals surface area contributed by atoms with Crippen LogP contribution in [0, 0.1) is 0 Å². The Labute approximate surface area is 93.2 Å². The van der Waals surface area contributed by atoms with Crippen molar-refractivity contribution in [2.24, 2.45) is 0 Å². The lowest BCUT2D eigenvalue weighted by atomic mass is 10.1. The highest BCUT2D eigenvalue weighted by Gasteiger charge is 2.13. The highest BCUT2D eigenvalue weighted by molar-refractivity contribution is 6.08. The fourth-order valence-corrected chi connectivity index (χ4v) is 1.74. The molecule has 4 heteroatoms. The number of ether oxygens (including phenoxy) is 2. The smallest absolute Gasteiger partial charge is 0.161 e. The van der Waals surface area contributed by atoms with E-state index in [-0.39, 0.29) is 5.78 Å². The van der Waals surface area contributed by atoms with Crippen LogP contribution in [0.2, 0.25) is 0 Å². The summed E-state index contributed by atoms with van der Waals surface area (Å²) in [5.74, 6) is 1.36. The Morgan fingerprint density at radius 3 is 2.56 bits per heavy atom. The zero-order valence-corrected chi connectivity index (χ0v) is 9.46. The molecule has 0 amide bonds. The summed E-state index contributed by atoms with van der Waals surface area (Å²) in [4.78, 5) is 14.5. The van der Waals surface area contributed by atoms with Crippen LogP contribution in [0.3, 0.4) is 0 Å². The summed E-state index contributed by atoms with van der Waals surface area (Å²) >= 11 is 0. The fourth-order valence-electron chi connectivity index (χ4n) is 1.74. The lowest BCUT2D eigenvalue weighted by Crippen LogP contribution is -1.91. The van der Waals surface area contributed by atoms with Crippen LogP contribution in [-0.2, 0) is 0 Å². The second kappa shape index (κ2) is 3.89. The Morgan fingerprint density at radius 1 is 1.25 bits per heavy atom. The lowest BCUT2D eigenvalue weighted by Gasteiger charge is -2.05. The second-order valence-corrected chi connectivity index (χ2v) is 3.51. The third-order valence-corrected chi connectivity index (χ3v) is 2.56. The molecule has 1 heterocycles. The van der Waals surface area contributed by atoms with Crippen LogP contribution in [-0.4, -0.2) is 25.0 Å². The van der Waals surface area contributed by atoms with E-state index in [2.05, 4.69) is 4.98 Å². The molecule has 0 aliphatic rings. The normalized spacial score (nSPS) is 10.4. The predicted octanol–water partition coefficient (Wildman–Crippen LogP) is 2.39. The maximum absolute atomic E-state index is 11.4. The molecule has 84 valence electrons. The molecule has 2 aromatic rings. The van der Waals surface area contributed by atoms with Gasteiger partial charge >= 0.3 is 0 Å². The maximum atomic E-state index is 11.4. The van der Waals surface area contributed by atoms with E-state index in [1.165, 1.54) is 6.92 Å². The molecule has 0 aliphatic carbocycles. The van der Waals surface area contributed by atoms with Crippen LogP contribution in [0.4, 0.5) is 0 Å². The van der Waals surface area contributed by atoms with Crippen molar-refractivity contribution in [3.8, 4) is 11.5 Å². The average Bonchev–Trinajstić information content (AvgIpc) is 2.71. The minimum Gasteiger partial charge on any atom is -0.497 e. The molecule has 4 nitrogen and oxygen atoms in total. The molecule has 0 atom stereocenters. The van der Waals surface area contributed by atoms with Gasteiger partial charge in [-0.15, -0.1) is 0 Å². The van der Waals surface area contributed by atoms with Gasteiger partial charge in [-0.25, -0.2) is 0 Å². The molecular formula is C12H13NO3. The zero-order chi connectivity index (χ0) is 11.7.